The van der Waals surface area contributed by atoms with Gasteiger partial charge in [0.1, 0.15) is 5.76 Å². The Kier molecular flexibility index (Phi) is 2.52. The Morgan fingerprint density at radius 3 is 2.92 bits per heavy atom. The lowest BCUT2D eigenvalue weighted by Crippen LogP contribution is -2.16. The minimum absolute atomic E-state index is 0.117. The van der Waals surface area contributed by atoms with Crippen molar-refractivity contribution in [1.29, 1.82) is 0 Å². The van der Waals surface area contributed by atoms with Crippen molar-refractivity contribution < 1.29 is 13.9 Å². The molecule has 1 amide bonds. The normalized spacial score (nSPS) is 28.0. The van der Waals surface area contributed by atoms with E-state index >= 15 is 0 Å². The number of allylic oxidation sites excluding steroid dienone is 3. The first-order chi connectivity index (χ1) is 5.49. The predicted molar refractivity (Wildman–Crippen MR) is 45.3 cm³/mol. The number of alkyl halides is 2. The molecule has 0 saturated carbocycles. The lowest BCUT2D eigenvalue weighted by molar-refractivity contribution is 0.188. The van der Waals surface area contributed by atoms with Gasteiger partial charge in [-0.3, -0.25) is 0 Å². The highest BCUT2D eigenvalue weighted by Crippen LogP contribution is 2.31. The summed E-state index contributed by atoms with van der Waals surface area (Å²) in [5.41, 5.74) is 4.75. The Morgan fingerprint density at radius 1 is 1.83 bits per heavy atom. The largest absolute Gasteiger partial charge is 0.411 e. The van der Waals surface area contributed by atoms with E-state index in [1.807, 2.05) is 0 Å². The number of carbonyl (C=O) groups excluding carboxylic acids is 1. The average molecular weight is 236 g/mol. The zero-order valence-electron chi connectivity index (χ0n) is 6.09. The number of nitrogens with two attached hydrogens (primary N) is 1. The first-order valence-corrected chi connectivity index (χ1v) is 4.03. The standard InChI is InChI=1S/C7H7BrFNO2/c8-7(9)3-1-5(2-4-7)12-6(10)11/h1-3H,4H2,(H2,10,11). The molecule has 1 unspecified atom stereocenters. The van der Waals surface area contributed by atoms with Gasteiger partial charge in [-0.15, -0.1) is 0 Å². The van der Waals surface area contributed by atoms with Gasteiger partial charge in [0.15, 0.2) is 4.58 Å². The Hall–Kier alpha value is -0.840. The van der Waals surface area contributed by atoms with Crippen molar-refractivity contribution in [1.82, 2.24) is 0 Å². The molecular weight excluding hydrogens is 229 g/mol. The van der Waals surface area contributed by atoms with Crippen molar-refractivity contribution in [2.45, 2.75) is 11.0 Å². The number of hydrogen-bond acceptors (Lipinski definition) is 2. The highest BCUT2D eigenvalue weighted by atomic mass is 79.9. The molecule has 66 valence electrons. The molecule has 0 saturated heterocycles. The molecule has 0 heterocycles. The molecule has 12 heavy (non-hydrogen) atoms. The van der Waals surface area contributed by atoms with Crippen LogP contribution in [0, 0.1) is 0 Å². The smallest absolute Gasteiger partial charge is 0.409 e. The van der Waals surface area contributed by atoms with Crippen molar-refractivity contribution in [3.63, 3.8) is 0 Å². The molecule has 1 atom stereocenters. The molecule has 1 aliphatic rings. The van der Waals surface area contributed by atoms with Crippen molar-refractivity contribution >= 4 is 22.0 Å². The van der Waals surface area contributed by atoms with Gasteiger partial charge in [0.05, 0.1) is 0 Å². The molecule has 3 nitrogen and oxygen atoms in total. The summed E-state index contributed by atoms with van der Waals surface area (Å²) in [6.45, 7) is 0. The van der Waals surface area contributed by atoms with Gasteiger partial charge in [-0.25, -0.2) is 9.18 Å². The van der Waals surface area contributed by atoms with Gasteiger partial charge in [-0.05, 0) is 34.2 Å². The summed E-state index contributed by atoms with van der Waals surface area (Å²) in [4.78, 5) is 10.2. The molecule has 2 N–H and O–H groups in total. The van der Waals surface area contributed by atoms with E-state index in [9.17, 15) is 9.18 Å². The maximum Gasteiger partial charge on any atom is 0.409 e. The molecule has 0 aromatic carbocycles. The molecule has 0 bridgehead atoms. The molecule has 5 heteroatoms. The van der Waals surface area contributed by atoms with Crippen LogP contribution in [0.3, 0.4) is 0 Å². The van der Waals surface area contributed by atoms with Crippen LogP contribution < -0.4 is 5.73 Å². The van der Waals surface area contributed by atoms with Gasteiger partial charge < -0.3 is 10.5 Å². The summed E-state index contributed by atoms with van der Waals surface area (Å²) in [5, 5.41) is 0. The predicted octanol–water partition coefficient (Wildman–Crippen LogP) is 1.99. The molecular formula is C7H7BrFNO2. The summed E-state index contributed by atoms with van der Waals surface area (Å²) in [7, 11) is 0. The van der Waals surface area contributed by atoms with Crippen LogP contribution in [-0.2, 0) is 4.74 Å². The van der Waals surface area contributed by atoms with Crippen LogP contribution in [0.15, 0.2) is 24.0 Å². The minimum Gasteiger partial charge on any atom is -0.411 e. The third-order valence-corrected chi connectivity index (χ3v) is 1.87. The summed E-state index contributed by atoms with van der Waals surface area (Å²) in [6.07, 6.45) is 3.27. The second-order valence-electron chi connectivity index (χ2n) is 2.33. The Balaban J connectivity index is 2.58. The quantitative estimate of drug-likeness (QED) is 0.707. The first-order valence-electron chi connectivity index (χ1n) is 3.24. The van der Waals surface area contributed by atoms with Crippen LogP contribution in [0.5, 0.6) is 0 Å². The van der Waals surface area contributed by atoms with Crippen molar-refractivity contribution in [3.05, 3.63) is 24.0 Å². The Morgan fingerprint density at radius 2 is 2.50 bits per heavy atom. The third kappa shape index (κ3) is 2.65. The number of hydrogen-bond donors (Lipinski definition) is 1. The van der Waals surface area contributed by atoms with Gasteiger partial charge >= 0.3 is 6.09 Å². The van der Waals surface area contributed by atoms with E-state index < -0.39 is 10.7 Å². The maximum absolute atomic E-state index is 13.0. The van der Waals surface area contributed by atoms with E-state index in [4.69, 9.17) is 5.73 Å². The SMILES string of the molecule is NC(=O)OC1=CCC(F)(Br)C=C1. The van der Waals surface area contributed by atoms with E-state index in [1.54, 1.807) is 0 Å². The topological polar surface area (TPSA) is 52.3 Å². The second-order valence-corrected chi connectivity index (χ2v) is 3.64. The molecule has 0 aliphatic heterocycles. The maximum atomic E-state index is 13.0. The van der Waals surface area contributed by atoms with Crippen molar-refractivity contribution in [3.8, 4) is 0 Å². The highest BCUT2D eigenvalue weighted by Gasteiger charge is 2.23. The van der Waals surface area contributed by atoms with E-state index in [2.05, 4.69) is 20.7 Å². The highest BCUT2D eigenvalue weighted by molar-refractivity contribution is 9.10. The molecule has 1 aliphatic carbocycles. The fraction of sp³-hybridized carbons (Fsp3) is 0.286. The zero-order valence-corrected chi connectivity index (χ0v) is 7.67. The first kappa shape index (κ1) is 9.25. The lowest BCUT2D eigenvalue weighted by atomic mass is 10.1. The molecule has 0 aromatic heterocycles. The van der Waals surface area contributed by atoms with E-state index in [1.165, 1.54) is 18.2 Å². The van der Waals surface area contributed by atoms with Crippen LogP contribution >= 0.6 is 15.9 Å². The monoisotopic (exact) mass is 235 g/mol. The molecule has 0 aromatic rings. The summed E-state index contributed by atoms with van der Waals surface area (Å²) >= 11 is 2.82. The third-order valence-electron chi connectivity index (χ3n) is 1.29. The molecule has 1 rings (SSSR count). The molecule has 0 fully saturated rings. The molecule has 0 spiro atoms. The Bertz CT molecular complexity index is 260. The van der Waals surface area contributed by atoms with E-state index in [0.29, 0.717) is 0 Å². The van der Waals surface area contributed by atoms with Gasteiger partial charge in [-0.1, -0.05) is 0 Å². The van der Waals surface area contributed by atoms with Crippen LogP contribution in [0.2, 0.25) is 0 Å². The Labute approximate surface area is 77.2 Å². The summed E-state index contributed by atoms with van der Waals surface area (Å²) in [5.74, 6) is 0.273. The second kappa shape index (κ2) is 3.26. The fourth-order valence-electron chi connectivity index (χ4n) is 0.769. The van der Waals surface area contributed by atoms with E-state index in [0.717, 1.165) is 0 Å². The summed E-state index contributed by atoms with van der Waals surface area (Å²) in [6, 6.07) is 0. The van der Waals surface area contributed by atoms with Crippen molar-refractivity contribution in [2.24, 2.45) is 5.73 Å². The average Bonchev–Trinajstić information content (AvgIpc) is 1.93. The van der Waals surface area contributed by atoms with Crippen LogP contribution in [-0.4, -0.2) is 10.7 Å². The summed E-state index contributed by atoms with van der Waals surface area (Å²) < 4.78 is 16.0. The zero-order chi connectivity index (χ0) is 9.19. The van der Waals surface area contributed by atoms with Crippen LogP contribution in [0.1, 0.15) is 6.42 Å². The van der Waals surface area contributed by atoms with Gasteiger partial charge in [0, 0.05) is 6.42 Å². The number of carbonyl (C=O) groups is 1. The van der Waals surface area contributed by atoms with Crippen LogP contribution in [0.4, 0.5) is 9.18 Å². The number of halogens is 2. The van der Waals surface area contributed by atoms with Gasteiger partial charge in [0.2, 0.25) is 0 Å². The van der Waals surface area contributed by atoms with Gasteiger partial charge in [-0.2, -0.15) is 0 Å². The number of primary amides is 1. The number of rotatable bonds is 1. The lowest BCUT2D eigenvalue weighted by Gasteiger charge is -2.15. The minimum atomic E-state index is -1.53. The number of ether oxygens (including phenoxy) is 1. The van der Waals surface area contributed by atoms with Crippen molar-refractivity contribution in [2.75, 3.05) is 0 Å². The van der Waals surface area contributed by atoms with Crippen LogP contribution in [0.25, 0.3) is 0 Å². The number of amides is 1. The van der Waals surface area contributed by atoms with Gasteiger partial charge in [0.25, 0.3) is 0 Å². The fourth-order valence-corrected chi connectivity index (χ4v) is 1.06. The van der Waals surface area contributed by atoms with E-state index in [-0.39, 0.29) is 12.2 Å². The molecule has 0 radical (unpaired) electrons.